The topological polar surface area (TPSA) is 33.7 Å². The van der Waals surface area contributed by atoms with Gasteiger partial charge in [-0.3, -0.25) is 0 Å². The molecule has 0 amide bonds. The van der Waals surface area contributed by atoms with Crippen molar-refractivity contribution in [1.29, 1.82) is 0 Å². The van der Waals surface area contributed by atoms with Crippen molar-refractivity contribution in [3.63, 3.8) is 0 Å². The Morgan fingerprint density at radius 3 is 2.73 bits per heavy atom. The van der Waals surface area contributed by atoms with Crippen molar-refractivity contribution in [1.82, 2.24) is 10.2 Å². The predicted octanol–water partition coefficient (Wildman–Crippen LogP) is 2.59. The highest BCUT2D eigenvalue weighted by atomic mass is 35.5. The molecule has 1 N–H and O–H groups in total. The van der Waals surface area contributed by atoms with E-state index in [1.165, 1.54) is 18.4 Å². The van der Waals surface area contributed by atoms with E-state index in [-0.39, 0.29) is 0 Å². The Labute approximate surface area is 137 Å². The minimum atomic E-state index is 0.662. The quantitative estimate of drug-likeness (QED) is 0.836. The Balaban J connectivity index is 1.62. The summed E-state index contributed by atoms with van der Waals surface area (Å²) in [4.78, 5) is 2.48. The lowest BCUT2D eigenvalue weighted by Crippen LogP contribution is -2.44. The third kappa shape index (κ3) is 4.28. The van der Waals surface area contributed by atoms with E-state index >= 15 is 0 Å². The molecule has 5 heteroatoms. The Hall–Kier alpha value is -0.970. The molecule has 2 fully saturated rings. The summed E-state index contributed by atoms with van der Waals surface area (Å²) < 4.78 is 11.3. The van der Waals surface area contributed by atoms with Crippen LogP contribution in [0.2, 0.25) is 5.02 Å². The number of methoxy groups -OCH3 is 1. The van der Waals surface area contributed by atoms with Crippen LogP contribution >= 0.6 is 11.6 Å². The summed E-state index contributed by atoms with van der Waals surface area (Å²) in [7, 11) is 1.68. The van der Waals surface area contributed by atoms with E-state index in [0.717, 1.165) is 51.5 Å². The molecule has 0 aromatic heterocycles. The van der Waals surface area contributed by atoms with Gasteiger partial charge in [0.2, 0.25) is 0 Å². The number of halogens is 1. The van der Waals surface area contributed by atoms with Crippen LogP contribution in [-0.2, 0) is 6.42 Å². The van der Waals surface area contributed by atoms with E-state index in [4.69, 9.17) is 21.1 Å². The van der Waals surface area contributed by atoms with Gasteiger partial charge in [0.25, 0.3) is 0 Å². The predicted molar refractivity (Wildman–Crippen MR) is 89.2 cm³/mol. The molecule has 1 aromatic rings. The lowest BCUT2D eigenvalue weighted by molar-refractivity contribution is 0.243. The Kier molecular flexibility index (Phi) is 5.45. The summed E-state index contributed by atoms with van der Waals surface area (Å²) in [6, 6.07) is 4.09. The smallest absolute Gasteiger partial charge is 0.179 e. The maximum atomic E-state index is 6.41. The summed E-state index contributed by atoms with van der Waals surface area (Å²) >= 11 is 6.41. The van der Waals surface area contributed by atoms with Gasteiger partial charge in [-0.05, 0) is 42.9 Å². The van der Waals surface area contributed by atoms with Gasteiger partial charge >= 0.3 is 0 Å². The fourth-order valence-electron chi connectivity index (χ4n) is 2.77. The number of rotatable bonds is 7. The second-order valence-electron chi connectivity index (χ2n) is 6.21. The van der Waals surface area contributed by atoms with Crippen molar-refractivity contribution >= 4 is 11.6 Å². The first-order chi connectivity index (χ1) is 10.8. The molecular formula is C17H25ClN2O2. The maximum Gasteiger partial charge on any atom is 0.179 e. The summed E-state index contributed by atoms with van der Waals surface area (Å²) in [6.45, 7) is 6.20. The molecule has 1 aromatic carbocycles. The maximum absolute atomic E-state index is 6.41. The zero-order valence-corrected chi connectivity index (χ0v) is 14.0. The zero-order chi connectivity index (χ0) is 15.4. The highest BCUT2D eigenvalue weighted by Crippen LogP contribution is 2.38. The molecule has 0 spiro atoms. The van der Waals surface area contributed by atoms with Crippen LogP contribution in [-0.4, -0.2) is 51.3 Å². The molecule has 122 valence electrons. The average molecular weight is 325 g/mol. The standard InChI is InChI=1S/C17H25ClN2O2/c1-21-16-11-14(4-7-20-8-5-19-6-9-20)10-15(18)17(16)22-12-13-2-3-13/h10-11,13,19H,2-9,12H2,1H3. The zero-order valence-electron chi connectivity index (χ0n) is 13.2. The van der Waals surface area contributed by atoms with E-state index in [0.29, 0.717) is 16.7 Å². The van der Waals surface area contributed by atoms with Gasteiger partial charge in [-0.1, -0.05) is 11.6 Å². The minimum absolute atomic E-state index is 0.662. The van der Waals surface area contributed by atoms with Gasteiger partial charge in [0.15, 0.2) is 11.5 Å². The molecule has 1 heterocycles. The van der Waals surface area contributed by atoms with Crippen LogP contribution in [0.4, 0.5) is 0 Å². The second-order valence-corrected chi connectivity index (χ2v) is 6.61. The molecule has 2 aliphatic rings. The van der Waals surface area contributed by atoms with E-state index in [9.17, 15) is 0 Å². The van der Waals surface area contributed by atoms with Crippen molar-refractivity contribution < 1.29 is 9.47 Å². The van der Waals surface area contributed by atoms with E-state index in [1.807, 2.05) is 6.07 Å². The molecule has 3 rings (SSSR count). The van der Waals surface area contributed by atoms with Crippen molar-refractivity contribution in [2.24, 2.45) is 5.92 Å². The fraction of sp³-hybridized carbons (Fsp3) is 0.647. The molecule has 0 atom stereocenters. The van der Waals surface area contributed by atoms with Crippen LogP contribution in [0.25, 0.3) is 0 Å². The van der Waals surface area contributed by atoms with Gasteiger partial charge in [0, 0.05) is 32.7 Å². The number of nitrogens with one attached hydrogen (secondary N) is 1. The normalized spacial score (nSPS) is 19.2. The first-order valence-corrected chi connectivity index (χ1v) is 8.56. The Morgan fingerprint density at radius 1 is 1.27 bits per heavy atom. The molecule has 0 bridgehead atoms. The van der Waals surface area contributed by atoms with Crippen LogP contribution in [0.15, 0.2) is 12.1 Å². The van der Waals surface area contributed by atoms with Crippen molar-refractivity contribution in [2.75, 3.05) is 46.4 Å². The summed E-state index contributed by atoms with van der Waals surface area (Å²) in [5, 5.41) is 4.04. The minimum Gasteiger partial charge on any atom is -0.493 e. The summed E-state index contributed by atoms with van der Waals surface area (Å²) in [6.07, 6.45) is 3.52. The molecule has 1 aliphatic heterocycles. The number of hydrogen-bond acceptors (Lipinski definition) is 4. The van der Waals surface area contributed by atoms with Crippen molar-refractivity contribution in [3.05, 3.63) is 22.7 Å². The largest absolute Gasteiger partial charge is 0.493 e. The van der Waals surface area contributed by atoms with Crippen LogP contribution in [0.5, 0.6) is 11.5 Å². The first kappa shape index (κ1) is 15.9. The summed E-state index contributed by atoms with van der Waals surface area (Å²) in [5.74, 6) is 2.15. The number of nitrogens with zero attached hydrogens (tertiary/aromatic N) is 1. The molecule has 1 aliphatic carbocycles. The van der Waals surface area contributed by atoms with E-state index in [2.05, 4.69) is 16.3 Å². The highest BCUT2D eigenvalue weighted by molar-refractivity contribution is 6.32. The SMILES string of the molecule is COc1cc(CCN2CCNCC2)cc(Cl)c1OCC1CC1. The van der Waals surface area contributed by atoms with Crippen molar-refractivity contribution in [3.8, 4) is 11.5 Å². The number of piperazine rings is 1. The molecular weight excluding hydrogens is 300 g/mol. The third-order valence-corrected chi connectivity index (χ3v) is 4.66. The van der Waals surface area contributed by atoms with Gasteiger partial charge in [0.05, 0.1) is 18.7 Å². The Morgan fingerprint density at radius 2 is 2.05 bits per heavy atom. The van der Waals surface area contributed by atoms with Crippen LogP contribution < -0.4 is 14.8 Å². The van der Waals surface area contributed by atoms with Crippen molar-refractivity contribution in [2.45, 2.75) is 19.3 Å². The van der Waals surface area contributed by atoms with Crippen LogP contribution in [0.1, 0.15) is 18.4 Å². The van der Waals surface area contributed by atoms with Crippen LogP contribution in [0.3, 0.4) is 0 Å². The summed E-state index contributed by atoms with van der Waals surface area (Å²) in [5.41, 5.74) is 1.21. The number of ether oxygens (including phenoxy) is 2. The van der Waals surface area contributed by atoms with Gasteiger partial charge in [-0.25, -0.2) is 0 Å². The highest BCUT2D eigenvalue weighted by Gasteiger charge is 2.23. The van der Waals surface area contributed by atoms with Gasteiger partial charge < -0.3 is 19.7 Å². The van der Waals surface area contributed by atoms with E-state index < -0.39 is 0 Å². The molecule has 22 heavy (non-hydrogen) atoms. The van der Waals surface area contributed by atoms with Gasteiger partial charge in [-0.15, -0.1) is 0 Å². The molecule has 0 unspecified atom stereocenters. The second kappa shape index (κ2) is 7.53. The fourth-order valence-corrected chi connectivity index (χ4v) is 3.05. The first-order valence-electron chi connectivity index (χ1n) is 8.18. The van der Waals surface area contributed by atoms with E-state index in [1.54, 1.807) is 7.11 Å². The number of benzene rings is 1. The van der Waals surface area contributed by atoms with Gasteiger partial charge in [0.1, 0.15) is 0 Å². The monoisotopic (exact) mass is 324 g/mol. The van der Waals surface area contributed by atoms with Gasteiger partial charge in [-0.2, -0.15) is 0 Å². The molecule has 1 saturated carbocycles. The lowest BCUT2D eigenvalue weighted by atomic mass is 10.1. The number of hydrogen-bond donors (Lipinski definition) is 1. The average Bonchev–Trinajstić information content (AvgIpc) is 3.36. The third-order valence-electron chi connectivity index (χ3n) is 4.38. The molecule has 0 radical (unpaired) electrons. The molecule has 1 saturated heterocycles. The molecule has 4 nitrogen and oxygen atoms in total. The Bertz CT molecular complexity index is 500. The lowest BCUT2D eigenvalue weighted by Gasteiger charge is -2.27. The van der Waals surface area contributed by atoms with Crippen LogP contribution in [0, 0.1) is 5.92 Å².